The molecule has 94 valence electrons. The average molecular weight is 271 g/mol. The van der Waals surface area contributed by atoms with E-state index in [1.807, 2.05) is 0 Å². The molecular weight excluding hydrogens is 266 g/mol. The number of rotatable bonds is 1. The van der Waals surface area contributed by atoms with Crippen molar-refractivity contribution in [1.29, 1.82) is 0 Å². The van der Waals surface area contributed by atoms with Crippen LogP contribution >= 0.6 is 11.6 Å². The Balaban J connectivity index is 0. The van der Waals surface area contributed by atoms with Crippen LogP contribution in [0.4, 0.5) is 39.5 Å². The maximum absolute atomic E-state index is 10.8. The summed E-state index contributed by atoms with van der Waals surface area (Å²) in [4.78, 5) is 0. The summed E-state index contributed by atoms with van der Waals surface area (Å²) in [5.74, 6) is 0. The normalized spacial score (nSPS) is 14.6. The van der Waals surface area contributed by atoms with Crippen molar-refractivity contribution in [3.8, 4) is 0 Å². The van der Waals surface area contributed by atoms with E-state index in [1.54, 1.807) is 0 Å². The lowest BCUT2D eigenvalue weighted by Crippen LogP contribution is -2.17. The highest BCUT2D eigenvalue weighted by molar-refractivity contribution is 6.20. The Labute approximate surface area is 83.0 Å². The van der Waals surface area contributed by atoms with Crippen molar-refractivity contribution in [2.75, 3.05) is 0 Å². The summed E-state index contributed by atoms with van der Waals surface area (Å²) >= 11 is 3.96. The first kappa shape index (κ1) is 17.1. The van der Waals surface area contributed by atoms with Crippen molar-refractivity contribution < 1.29 is 39.5 Å². The Kier molecular flexibility index (Phi) is 7.15. The van der Waals surface area contributed by atoms with Crippen molar-refractivity contribution in [3.63, 3.8) is 0 Å². The lowest BCUT2D eigenvalue weighted by atomic mass is 10.4. The largest absolute Gasteiger partial charge is 0.433 e. The quantitative estimate of drug-likeness (QED) is 0.492. The lowest BCUT2D eigenvalue weighted by Gasteiger charge is -2.02. The van der Waals surface area contributed by atoms with Crippen molar-refractivity contribution in [2.24, 2.45) is 0 Å². The predicted octanol–water partition coefficient (Wildman–Crippen LogP) is 4.29. The zero-order chi connectivity index (χ0) is 12.9. The van der Waals surface area contributed by atoms with Crippen LogP contribution in [0.3, 0.4) is 0 Å². The third-order valence-corrected chi connectivity index (χ3v) is 0.881. The number of hydrogen-bond donors (Lipinski definition) is 0. The first-order chi connectivity index (χ1) is 6.36. The highest BCUT2D eigenvalue weighted by Crippen LogP contribution is 2.25. The minimum atomic E-state index is -4.90. The molecule has 0 aromatic carbocycles. The van der Waals surface area contributed by atoms with Gasteiger partial charge in [0.15, 0.2) is 0 Å². The monoisotopic (exact) mass is 270 g/mol. The number of alkyl halides is 10. The molecular formula is C5H4ClF9. The highest BCUT2D eigenvalue weighted by Gasteiger charge is 2.38. The van der Waals surface area contributed by atoms with Crippen LogP contribution in [0.5, 0.6) is 0 Å². The molecule has 0 aliphatic carbocycles. The maximum atomic E-state index is 10.8. The molecule has 1 atom stereocenters. The molecule has 0 radical (unpaired) electrons. The molecule has 15 heavy (non-hydrogen) atoms. The van der Waals surface area contributed by atoms with Crippen LogP contribution in [0, 0.1) is 0 Å². The highest BCUT2D eigenvalue weighted by atomic mass is 35.5. The SMILES string of the molecule is FC(Cl)C(F)(F)F.FC(F)CC(F)(F)F. The van der Waals surface area contributed by atoms with E-state index in [0.717, 1.165) is 0 Å². The third kappa shape index (κ3) is 16.3. The fourth-order valence-electron chi connectivity index (χ4n) is 0.175. The second-order valence-corrected chi connectivity index (χ2v) is 2.44. The summed E-state index contributed by atoms with van der Waals surface area (Å²) < 4.78 is 97.0. The van der Waals surface area contributed by atoms with E-state index in [1.165, 1.54) is 0 Å². The van der Waals surface area contributed by atoms with Crippen LogP contribution in [0.25, 0.3) is 0 Å². The Bertz CT molecular complexity index is 157. The first-order valence-corrected chi connectivity index (χ1v) is 3.49. The van der Waals surface area contributed by atoms with E-state index in [2.05, 4.69) is 11.6 Å². The molecule has 0 saturated heterocycles. The van der Waals surface area contributed by atoms with E-state index in [-0.39, 0.29) is 0 Å². The van der Waals surface area contributed by atoms with Gasteiger partial charge < -0.3 is 0 Å². The smallest absolute Gasteiger partial charge is 0.220 e. The predicted molar refractivity (Wildman–Crippen MR) is 33.5 cm³/mol. The third-order valence-electron chi connectivity index (χ3n) is 0.633. The van der Waals surface area contributed by atoms with Gasteiger partial charge in [0.25, 0.3) is 5.63 Å². The average Bonchev–Trinajstić information content (AvgIpc) is 1.78. The van der Waals surface area contributed by atoms with Gasteiger partial charge in [-0.15, -0.1) is 0 Å². The van der Waals surface area contributed by atoms with Gasteiger partial charge in [0, 0.05) is 0 Å². The van der Waals surface area contributed by atoms with Crippen molar-refractivity contribution >= 4 is 11.6 Å². The summed E-state index contributed by atoms with van der Waals surface area (Å²) in [6, 6.07) is 0. The molecule has 0 heterocycles. The minimum Gasteiger partial charge on any atom is -0.220 e. The van der Waals surface area contributed by atoms with Crippen molar-refractivity contribution in [1.82, 2.24) is 0 Å². The Morgan fingerprint density at radius 2 is 1.13 bits per heavy atom. The molecule has 0 fully saturated rings. The molecule has 0 aliphatic heterocycles. The van der Waals surface area contributed by atoms with Gasteiger partial charge in [-0.25, -0.2) is 13.2 Å². The Morgan fingerprint density at radius 3 is 1.13 bits per heavy atom. The summed E-state index contributed by atoms with van der Waals surface area (Å²) in [5.41, 5.74) is -3.23. The number of halogens is 10. The van der Waals surface area contributed by atoms with Gasteiger partial charge in [0.2, 0.25) is 6.43 Å². The summed E-state index contributed by atoms with van der Waals surface area (Å²) in [7, 11) is 0. The molecule has 10 heteroatoms. The maximum Gasteiger partial charge on any atom is 0.433 e. The molecule has 0 bridgehead atoms. The van der Waals surface area contributed by atoms with Gasteiger partial charge in [-0.2, -0.15) is 26.3 Å². The lowest BCUT2D eigenvalue weighted by molar-refractivity contribution is -0.158. The second-order valence-electron chi connectivity index (χ2n) is 2.05. The van der Waals surface area contributed by atoms with E-state index in [0.29, 0.717) is 0 Å². The molecule has 0 aliphatic rings. The zero-order valence-electron chi connectivity index (χ0n) is 6.64. The molecule has 0 amide bonds. The number of hydrogen-bond acceptors (Lipinski definition) is 0. The van der Waals surface area contributed by atoms with Crippen LogP contribution in [0.1, 0.15) is 6.42 Å². The first-order valence-electron chi connectivity index (χ1n) is 3.06. The van der Waals surface area contributed by atoms with Crippen LogP contribution in [-0.4, -0.2) is 24.4 Å². The van der Waals surface area contributed by atoms with Crippen LogP contribution in [0.2, 0.25) is 0 Å². The molecule has 0 saturated carbocycles. The molecule has 0 rings (SSSR count). The van der Waals surface area contributed by atoms with E-state index < -0.39 is 30.8 Å². The molecule has 0 aromatic rings. The molecule has 1 unspecified atom stereocenters. The summed E-state index contributed by atoms with van der Waals surface area (Å²) in [6.07, 6.45) is -14.9. The van der Waals surface area contributed by atoms with E-state index in [4.69, 9.17) is 0 Å². The fraction of sp³-hybridized carbons (Fsp3) is 1.00. The van der Waals surface area contributed by atoms with Gasteiger partial charge in [0.1, 0.15) is 6.42 Å². The topological polar surface area (TPSA) is 0 Å². The van der Waals surface area contributed by atoms with Gasteiger partial charge in [-0.05, 0) is 0 Å². The van der Waals surface area contributed by atoms with Gasteiger partial charge in [-0.3, -0.25) is 0 Å². The zero-order valence-corrected chi connectivity index (χ0v) is 7.40. The van der Waals surface area contributed by atoms with Gasteiger partial charge in [0.05, 0.1) is 0 Å². The van der Waals surface area contributed by atoms with Gasteiger partial charge in [-0.1, -0.05) is 11.6 Å². The molecule has 0 nitrogen and oxygen atoms in total. The van der Waals surface area contributed by atoms with Crippen molar-refractivity contribution in [2.45, 2.75) is 30.8 Å². The van der Waals surface area contributed by atoms with Crippen molar-refractivity contribution in [3.05, 3.63) is 0 Å². The van der Waals surface area contributed by atoms with E-state index in [9.17, 15) is 39.5 Å². The summed E-state index contributed by atoms with van der Waals surface area (Å²) in [6.45, 7) is 0. The Morgan fingerprint density at radius 1 is 0.867 bits per heavy atom. The van der Waals surface area contributed by atoms with Crippen LogP contribution in [0.15, 0.2) is 0 Å². The standard InChI is InChI=1S/C3H3F5.C2HClF4/c4-2(5)1-3(6,7)8;3-1(4)2(5,6)7/h2H,1H2;1H. The minimum absolute atomic E-state index is 2.01. The molecule has 0 N–H and O–H groups in total. The molecule has 0 spiro atoms. The molecule has 0 aromatic heterocycles. The van der Waals surface area contributed by atoms with Crippen LogP contribution in [-0.2, 0) is 0 Å². The fourth-order valence-corrected chi connectivity index (χ4v) is 0.175. The second kappa shape index (κ2) is 6.29. The Hall–Kier alpha value is -0.340. The van der Waals surface area contributed by atoms with E-state index >= 15 is 0 Å². The van der Waals surface area contributed by atoms with Crippen LogP contribution < -0.4 is 0 Å². The van der Waals surface area contributed by atoms with Gasteiger partial charge >= 0.3 is 12.4 Å². The summed E-state index contributed by atoms with van der Waals surface area (Å²) in [5, 5.41) is 0.